The molecule has 1 amide bonds. The number of carbonyl (C=O) groups excluding carboxylic acids is 1. The van der Waals surface area contributed by atoms with Crippen molar-refractivity contribution in [2.24, 2.45) is 5.10 Å². The van der Waals surface area contributed by atoms with Crippen LogP contribution in [0.15, 0.2) is 50.6 Å². The molecule has 1 unspecified atom stereocenters. The molecule has 1 aliphatic carbocycles. The van der Waals surface area contributed by atoms with E-state index in [9.17, 15) is 4.79 Å². The molecule has 3 aromatic heterocycles. The number of hydrogen-bond acceptors (Lipinski definition) is 8. The van der Waals surface area contributed by atoms with E-state index in [1.165, 1.54) is 11.8 Å². The third-order valence-corrected chi connectivity index (χ3v) is 6.41. The summed E-state index contributed by atoms with van der Waals surface area (Å²) in [6.07, 6.45) is 4.45. The van der Waals surface area contributed by atoms with E-state index in [0.717, 1.165) is 23.4 Å². The quantitative estimate of drug-likeness (QED) is 0.591. The lowest BCUT2D eigenvalue weighted by molar-refractivity contribution is -0.130. The maximum atomic E-state index is 13.0. The van der Waals surface area contributed by atoms with Crippen molar-refractivity contribution in [2.75, 3.05) is 5.75 Å². The summed E-state index contributed by atoms with van der Waals surface area (Å²) in [6, 6.07) is 8.01. The summed E-state index contributed by atoms with van der Waals surface area (Å²) in [5.41, 5.74) is 0.791. The molecule has 138 valence electrons. The first-order chi connectivity index (χ1) is 13.3. The monoisotopic (exact) mass is 400 g/mol. The second kappa shape index (κ2) is 6.93. The van der Waals surface area contributed by atoms with Crippen LogP contribution in [-0.2, 0) is 4.79 Å². The molecule has 0 spiro atoms. The smallest absolute Gasteiger partial charge is 0.253 e. The number of hydrazone groups is 1. The number of aromatic nitrogens is 4. The molecule has 0 saturated heterocycles. The molecule has 0 aromatic carbocycles. The van der Waals surface area contributed by atoms with Gasteiger partial charge in [-0.05, 0) is 46.8 Å². The largest absolute Gasteiger partial charge is 0.463 e. The molecule has 8 nitrogen and oxygen atoms in total. The molecule has 1 atom stereocenters. The van der Waals surface area contributed by atoms with Gasteiger partial charge in [0, 0.05) is 11.3 Å². The Morgan fingerprint density at radius 3 is 3.00 bits per heavy atom. The predicted molar refractivity (Wildman–Crippen MR) is 101 cm³/mol. The van der Waals surface area contributed by atoms with Crippen molar-refractivity contribution in [3.8, 4) is 0 Å². The van der Waals surface area contributed by atoms with Gasteiger partial charge in [-0.2, -0.15) is 5.10 Å². The zero-order valence-corrected chi connectivity index (χ0v) is 15.9. The minimum absolute atomic E-state index is 0.0645. The molecule has 4 heterocycles. The Kier molecular flexibility index (Phi) is 4.29. The van der Waals surface area contributed by atoms with Gasteiger partial charge in [0.2, 0.25) is 5.16 Å². The lowest BCUT2D eigenvalue weighted by Crippen LogP contribution is -2.28. The number of thioether (sulfide) groups is 1. The zero-order chi connectivity index (χ0) is 18.2. The van der Waals surface area contributed by atoms with Gasteiger partial charge in [-0.25, -0.2) is 9.69 Å². The molecule has 27 heavy (non-hydrogen) atoms. The Labute approximate surface area is 163 Å². The van der Waals surface area contributed by atoms with Crippen molar-refractivity contribution in [2.45, 2.75) is 36.5 Å². The first kappa shape index (κ1) is 16.7. The van der Waals surface area contributed by atoms with Gasteiger partial charge in [0.25, 0.3) is 5.91 Å². The molecule has 10 heteroatoms. The number of carbonyl (C=O) groups is 1. The number of rotatable bonds is 6. The summed E-state index contributed by atoms with van der Waals surface area (Å²) in [4.78, 5) is 14.1. The van der Waals surface area contributed by atoms with Crippen LogP contribution in [0.4, 0.5) is 0 Å². The average Bonchev–Trinajstić information content (AvgIpc) is 3.22. The van der Waals surface area contributed by atoms with Crippen LogP contribution in [0.25, 0.3) is 0 Å². The molecular weight excluding hydrogens is 384 g/mol. The lowest BCUT2D eigenvalue weighted by atomic mass is 10.1. The number of hydrogen-bond donors (Lipinski definition) is 0. The van der Waals surface area contributed by atoms with Gasteiger partial charge in [0.05, 0.1) is 24.1 Å². The first-order valence-electron chi connectivity index (χ1n) is 8.67. The van der Waals surface area contributed by atoms with Gasteiger partial charge in [-0.3, -0.25) is 4.79 Å². The standard InChI is InChI=1S/C17H16N6O2S2/c24-16(10-27-17-18-20-21-22(17)11-5-6-11)23-13(15-4-2-8-26-15)9-12(19-23)14-3-1-7-25-14/h1-4,7-8,11,13H,5-6,9-10H2. The zero-order valence-electron chi connectivity index (χ0n) is 14.3. The molecule has 2 aliphatic rings. The highest BCUT2D eigenvalue weighted by Crippen LogP contribution is 2.38. The number of tetrazole rings is 1. The maximum Gasteiger partial charge on any atom is 0.253 e. The van der Waals surface area contributed by atoms with Crippen LogP contribution in [0, 0.1) is 0 Å². The van der Waals surface area contributed by atoms with Crippen LogP contribution in [0.5, 0.6) is 0 Å². The molecule has 5 rings (SSSR count). The van der Waals surface area contributed by atoms with Gasteiger partial charge in [-0.15, -0.1) is 16.4 Å². The van der Waals surface area contributed by atoms with Crippen LogP contribution < -0.4 is 0 Å². The molecule has 0 radical (unpaired) electrons. The number of nitrogens with zero attached hydrogens (tertiary/aromatic N) is 6. The van der Waals surface area contributed by atoms with E-state index in [2.05, 4.69) is 20.6 Å². The second-order valence-electron chi connectivity index (χ2n) is 6.42. The number of furan rings is 1. The van der Waals surface area contributed by atoms with E-state index in [-0.39, 0.29) is 17.7 Å². The molecule has 1 saturated carbocycles. The van der Waals surface area contributed by atoms with Crippen molar-refractivity contribution in [3.63, 3.8) is 0 Å². The van der Waals surface area contributed by atoms with Crippen LogP contribution in [0.1, 0.15) is 42.0 Å². The maximum absolute atomic E-state index is 13.0. The van der Waals surface area contributed by atoms with Crippen molar-refractivity contribution in [1.82, 2.24) is 25.2 Å². The van der Waals surface area contributed by atoms with Crippen molar-refractivity contribution in [3.05, 3.63) is 46.5 Å². The summed E-state index contributed by atoms with van der Waals surface area (Å²) in [5, 5.41) is 20.7. The summed E-state index contributed by atoms with van der Waals surface area (Å²) in [7, 11) is 0. The highest BCUT2D eigenvalue weighted by Gasteiger charge is 2.35. The molecule has 0 bridgehead atoms. The predicted octanol–water partition coefficient (Wildman–Crippen LogP) is 3.13. The lowest BCUT2D eigenvalue weighted by Gasteiger charge is -2.20. The van der Waals surface area contributed by atoms with Crippen molar-refractivity contribution in [1.29, 1.82) is 0 Å². The Morgan fingerprint density at radius 2 is 2.26 bits per heavy atom. The summed E-state index contributed by atoms with van der Waals surface area (Å²) in [6.45, 7) is 0. The average molecular weight is 400 g/mol. The van der Waals surface area contributed by atoms with Gasteiger partial charge < -0.3 is 4.42 Å². The van der Waals surface area contributed by atoms with Crippen LogP contribution in [0.2, 0.25) is 0 Å². The fraction of sp³-hybridized carbons (Fsp3) is 0.353. The second-order valence-corrected chi connectivity index (χ2v) is 8.35. The number of amides is 1. The van der Waals surface area contributed by atoms with E-state index in [1.54, 1.807) is 22.6 Å². The normalized spacial score (nSPS) is 19.5. The van der Waals surface area contributed by atoms with E-state index >= 15 is 0 Å². The minimum atomic E-state index is -0.0994. The van der Waals surface area contributed by atoms with Crippen molar-refractivity contribution >= 4 is 34.7 Å². The molecule has 1 aliphatic heterocycles. The molecule has 1 fully saturated rings. The first-order valence-corrected chi connectivity index (χ1v) is 10.5. The van der Waals surface area contributed by atoms with E-state index in [1.807, 2.05) is 34.3 Å². The Bertz CT molecular complexity index is 962. The van der Waals surface area contributed by atoms with Crippen molar-refractivity contribution < 1.29 is 9.21 Å². The van der Waals surface area contributed by atoms with E-state index in [4.69, 9.17) is 4.42 Å². The van der Waals surface area contributed by atoms with Gasteiger partial charge >= 0.3 is 0 Å². The summed E-state index contributed by atoms with van der Waals surface area (Å²) in [5.74, 6) is 0.881. The SMILES string of the molecule is O=C(CSc1nnnn1C1CC1)N1N=C(c2ccco2)CC1c1cccs1. The topological polar surface area (TPSA) is 89.4 Å². The molecular formula is C17H16N6O2S2. The highest BCUT2D eigenvalue weighted by molar-refractivity contribution is 7.99. The van der Waals surface area contributed by atoms with Gasteiger partial charge in [0.1, 0.15) is 11.5 Å². The van der Waals surface area contributed by atoms with Crippen LogP contribution in [-0.4, -0.2) is 42.6 Å². The van der Waals surface area contributed by atoms with Crippen LogP contribution in [0.3, 0.4) is 0 Å². The Balaban J connectivity index is 1.35. The van der Waals surface area contributed by atoms with Gasteiger partial charge in [-0.1, -0.05) is 17.8 Å². The van der Waals surface area contributed by atoms with E-state index in [0.29, 0.717) is 23.4 Å². The van der Waals surface area contributed by atoms with E-state index < -0.39 is 0 Å². The number of thiophene rings is 1. The summed E-state index contributed by atoms with van der Waals surface area (Å²) >= 11 is 2.99. The van der Waals surface area contributed by atoms with Crippen LogP contribution >= 0.6 is 23.1 Å². The Hall–Kier alpha value is -2.46. The van der Waals surface area contributed by atoms with Gasteiger partial charge in [0.15, 0.2) is 0 Å². The third-order valence-electron chi connectivity index (χ3n) is 4.52. The fourth-order valence-corrected chi connectivity index (χ4v) is 4.66. The molecule has 0 N–H and O–H groups in total. The highest BCUT2D eigenvalue weighted by atomic mass is 32.2. The Morgan fingerprint density at radius 1 is 1.33 bits per heavy atom. The summed E-state index contributed by atoms with van der Waals surface area (Å²) < 4.78 is 7.29. The molecule has 3 aromatic rings. The fourth-order valence-electron chi connectivity index (χ4n) is 3.06. The third kappa shape index (κ3) is 3.30. The minimum Gasteiger partial charge on any atom is -0.463 e.